The Morgan fingerprint density at radius 1 is 0.774 bits per heavy atom. The summed E-state index contributed by atoms with van der Waals surface area (Å²) < 4.78 is 0. The Hall–Kier alpha value is -3.14. The number of anilines is 1. The van der Waals surface area contributed by atoms with Crippen LogP contribution in [0.25, 0.3) is 0 Å². The second kappa shape index (κ2) is 17.7. The van der Waals surface area contributed by atoms with E-state index < -0.39 is 5.97 Å². The molecule has 1 amide bonds. The van der Waals surface area contributed by atoms with Gasteiger partial charge in [-0.3, -0.25) is 4.79 Å². The molecule has 0 unspecified atom stereocenters. The number of carboxylic acids is 1. The molecule has 1 rings (SSSR count). The van der Waals surface area contributed by atoms with Crippen molar-refractivity contribution >= 4 is 17.6 Å². The first-order chi connectivity index (χ1) is 15.1. The molecular weight excluding hydrogens is 386 g/mol. The van der Waals surface area contributed by atoms with E-state index in [1.807, 2.05) is 0 Å². The molecule has 0 heterocycles. The van der Waals surface area contributed by atoms with Crippen LogP contribution in [-0.2, 0) is 4.79 Å². The van der Waals surface area contributed by atoms with Crippen LogP contribution in [0.1, 0.15) is 68.6 Å². The number of carboxylic acid groups (broad SMARTS) is 1. The maximum atomic E-state index is 11.9. The largest absolute Gasteiger partial charge is 0.478 e. The number of unbranched alkanes of at least 4 members (excludes halogenated alkanes) is 1. The lowest BCUT2D eigenvalue weighted by Crippen LogP contribution is -2.11. The molecule has 0 aliphatic heterocycles. The Morgan fingerprint density at radius 2 is 1.26 bits per heavy atom. The zero-order chi connectivity index (χ0) is 22.6. The number of carbonyl (C=O) groups is 2. The Kier molecular flexibility index (Phi) is 14.8. The van der Waals surface area contributed by atoms with Gasteiger partial charge in [0, 0.05) is 12.1 Å². The van der Waals surface area contributed by atoms with Gasteiger partial charge >= 0.3 is 5.97 Å². The smallest absolute Gasteiger partial charge is 0.335 e. The minimum Gasteiger partial charge on any atom is -0.478 e. The fraction of sp³-hybridized carbons (Fsp3) is 0.333. The van der Waals surface area contributed by atoms with Gasteiger partial charge in [-0.25, -0.2) is 4.79 Å². The van der Waals surface area contributed by atoms with Gasteiger partial charge in [-0.1, -0.05) is 67.7 Å². The van der Waals surface area contributed by atoms with Crippen LogP contribution in [0.15, 0.2) is 85.0 Å². The molecule has 4 nitrogen and oxygen atoms in total. The van der Waals surface area contributed by atoms with Crippen molar-refractivity contribution in [2.24, 2.45) is 0 Å². The van der Waals surface area contributed by atoms with E-state index in [1.54, 1.807) is 12.1 Å². The molecule has 0 aliphatic carbocycles. The molecule has 2 N–H and O–H groups in total. The highest BCUT2D eigenvalue weighted by atomic mass is 16.4. The first kappa shape index (κ1) is 25.9. The fourth-order valence-electron chi connectivity index (χ4n) is 2.67. The van der Waals surface area contributed by atoms with E-state index >= 15 is 0 Å². The van der Waals surface area contributed by atoms with Crippen LogP contribution in [0.4, 0.5) is 5.69 Å². The highest BCUT2D eigenvalue weighted by molar-refractivity contribution is 5.92. The molecule has 0 atom stereocenters. The fourth-order valence-corrected chi connectivity index (χ4v) is 2.67. The molecule has 4 heteroatoms. The number of carbonyl (C=O) groups excluding carboxylic acids is 1. The van der Waals surface area contributed by atoms with E-state index in [0.29, 0.717) is 12.1 Å². The number of nitrogens with one attached hydrogen (secondary N) is 1. The predicted molar refractivity (Wildman–Crippen MR) is 130 cm³/mol. The first-order valence-electron chi connectivity index (χ1n) is 11.0. The van der Waals surface area contributed by atoms with Gasteiger partial charge in [-0.2, -0.15) is 0 Å². The van der Waals surface area contributed by atoms with Crippen LogP contribution < -0.4 is 5.32 Å². The third kappa shape index (κ3) is 14.5. The van der Waals surface area contributed by atoms with Gasteiger partial charge in [0.2, 0.25) is 5.91 Å². The first-order valence-corrected chi connectivity index (χ1v) is 11.0. The Labute approximate surface area is 186 Å². The highest BCUT2D eigenvalue weighted by Crippen LogP contribution is 2.10. The molecule has 0 saturated carbocycles. The summed E-state index contributed by atoms with van der Waals surface area (Å²) in [5.41, 5.74) is 0.821. The average Bonchev–Trinajstić information content (AvgIpc) is 2.76. The lowest BCUT2D eigenvalue weighted by Gasteiger charge is -2.04. The lowest BCUT2D eigenvalue weighted by atomic mass is 10.2. The van der Waals surface area contributed by atoms with Gasteiger partial charge < -0.3 is 10.4 Å². The maximum Gasteiger partial charge on any atom is 0.335 e. The van der Waals surface area contributed by atoms with Crippen LogP contribution in [0.2, 0.25) is 0 Å². The van der Waals surface area contributed by atoms with Gasteiger partial charge in [-0.05, 0) is 69.2 Å². The number of allylic oxidation sites excluding steroid dienone is 10. The van der Waals surface area contributed by atoms with Crippen LogP contribution in [0.3, 0.4) is 0 Å². The summed E-state index contributed by atoms with van der Waals surface area (Å²) in [5.74, 6) is -1.04. The molecule has 1 aromatic carbocycles. The monoisotopic (exact) mass is 421 g/mol. The van der Waals surface area contributed by atoms with E-state index in [4.69, 9.17) is 5.11 Å². The summed E-state index contributed by atoms with van der Waals surface area (Å²) >= 11 is 0. The highest BCUT2D eigenvalue weighted by Gasteiger charge is 2.04. The number of hydrogen-bond acceptors (Lipinski definition) is 2. The van der Waals surface area contributed by atoms with Crippen molar-refractivity contribution in [3.8, 4) is 0 Å². The molecule has 0 aliphatic rings. The molecular formula is C27H35NO3. The van der Waals surface area contributed by atoms with Gasteiger partial charge in [0.25, 0.3) is 0 Å². The summed E-state index contributed by atoms with van der Waals surface area (Å²) in [7, 11) is 0. The molecule has 0 saturated heterocycles. The van der Waals surface area contributed by atoms with E-state index in [2.05, 4.69) is 73.0 Å². The third-order valence-electron chi connectivity index (χ3n) is 4.35. The van der Waals surface area contributed by atoms with E-state index in [0.717, 1.165) is 44.9 Å². The zero-order valence-corrected chi connectivity index (χ0v) is 18.5. The summed E-state index contributed by atoms with van der Waals surface area (Å²) in [6.07, 6.45) is 28.7. The van der Waals surface area contributed by atoms with Crippen LogP contribution >= 0.6 is 0 Å². The standard InChI is InChI=1S/C27H35NO3/c1-2-3-4-5-6-7-8-9-10-11-12-13-14-15-16-17-18-19-26(29)28-25-22-20-24(21-23-25)27(30)31/h3-4,6-7,9-10,12-13,15-16,20-23H,2,5,8,11,14,17-19H2,1H3,(H,28,29)(H,30,31)/b4-3-,7-6-,10-9-,13-12-,16-15-. The van der Waals surface area contributed by atoms with Crippen molar-refractivity contribution in [1.29, 1.82) is 0 Å². The normalized spacial score (nSPS) is 12.2. The number of aromatic carboxylic acids is 1. The number of benzene rings is 1. The molecule has 1 aromatic rings. The summed E-state index contributed by atoms with van der Waals surface area (Å²) in [5, 5.41) is 11.6. The number of rotatable bonds is 15. The Balaban J connectivity index is 2.05. The summed E-state index contributed by atoms with van der Waals surface area (Å²) in [4.78, 5) is 22.7. The quantitative estimate of drug-likeness (QED) is 0.232. The maximum absolute atomic E-state index is 11.9. The minimum absolute atomic E-state index is 0.0598. The van der Waals surface area contributed by atoms with E-state index in [-0.39, 0.29) is 11.5 Å². The molecule has 0 fully saturated rings. The predicted octanol–water partition coefficient (Wildman–Crippen LogP) is 7.25. The molecule has 0 radical (unpaired) electrons. The van der Waals surface area contributed by atoms with Crippen LogP contribution in [0, 0.1) is 0 Å². The lowest BCUT2D eigenvalue weighted by molar-refractivity contribution is -0.116. The van der Waals surface area contributed by atoms with Crippen molar-refractivity contribution in [2.45, 2.75) is 58.3 Å². The van der Waals surface area contributed by atoms with Crippen molar-refractivity contribution in [2.75, 3.05) is 5.32 Å². The zero-order valence-electron chi connectivity index (χ0n) is 18.5. The SMILES string of the molecule is CC/C=C\C/C=C\C/C=C\C/C=C\C/C=C\CCCC(=O)Nc1ccc(C(=O)O)cc1. The second-order valence-electron chi connectivity index (χ2n) is 7.03. The molecule has 166 valence electrons. The van der Waals surface area contributed by atoms with Crippen molar-refractivity contribution < 1.29 is 14.7 Å². The van der Waals surface area contributed by atoms with Gasteiger partial charge in [0.15, 0.2) is 0 Å². The topological polar surface area (TPSA) is 66.4 Å². The average molecular weight is 422 g/mol. The second-order valence-corrected chi connectivity index (χ2v) is 7.03. The summed E-state index contributed by atoms with van der Waals surface area (Å²) in [6, 6.07) is 6.17. The number of hydrogen-bond donors (Lipinski definition) is 2. The van der Waals surface area contributed by atoms with Gasteiger partial charge in [-0.15, -0.1) is 0 Å². The Morgan fingerprint density at radius 3 is 1.74 bits per heavy atom. The minimum atomic E-state index is -0.977. The van der Waals surface area contributed by atoms with Gasteiger partial charge in [0.1, 0.15) is 0 Å². The Bertz CT molecular complexity index is 783. The van der Waals surface area contributed by atoms with E-state index in [1.165, 1.54) is 12.1 Å². The molecule has 31 heavy (non-hydrogen) atoms. The van der Waals surface area contributed by atoms with Crippen molar-refractivity contribution in [3.05, 3.63) is 90.6 Å². The number of amides is 1. The van der Waals surface area contributed by atoms with Crippen molar-refractivity contribution in [3.63, 3.8) is 0 Å². The van der Waals surface area contributed by atoms with Crippen LogP contribution in [-0.4, -0.2) is 17.0 Å². The molecule has 0 aromatic heterocycles. The van der Waals surface area contributed by atoms with Gasteiger partial charge in [0.05, 0.1) is 5.56 Å². The third-order valence-corrected chi connectivity index (χ3v) is 4.35. The van der Waals surface area contributed by atoms with Crippen LogP contribution in [0.5, 0.6) is 0 Å². The van der Waals surface area contributed by atoms with Crippen molar-refractivity contribution in [1.82, 2.24) is 0 Å². The van der Waals surface area contributed by atoms with E-state index in [9.17, 15) is 9.59 Å². The molecule has 0 bridgehead atoms. The molecule has 0 spiro atoms. The summed E-state index contributed by atoms with van der Waals surface area (Å²) in [6.45, 7) is 2.14.